The topological polar surface area (TPSA) is 72.6 Å². The predicted molar refractivity (Wildman–Crippen MR) is 129 cm³/mol. The lowest BCUT2D eigenvalue weighted by Gasteiger charge is -2.29. The minimum absolute atomic E-state index is 0.199. The van der Waals surface area contributed by atoms with Crippen molar-refractivity contribution in [2.75, 3.05) is 0 Å². The summed E-state index contributed by atoms with van der Waals surface area (Å²) in [7, 11) is 0. The molecule has 7 heteroatoms. The largest absolute Gasteiger partial charge is 0.287 e. The summed E-state index contributed by atoms with van der Waals surface area (Å²) in [5.74, 6) is 0. The molecule has 0 fully saturated rings. The maximum Gasteiger partial charge on any atom is 0.0890 e. The molecule has 5 rings (SSSR count). The minimum atomic E-state index is 0.199. The molecule has 0 aliphatic heterocycles. The first-order chi connectivity index (χ1) is 16.1. The Hall–Kier alpha value is -3.71. The number of rotatable bonds is 7. The molecule has 0 radical (unpaired) electrons. The Morgan fingerprint density at radius 2 is 1.21 bits per heavy atom. The average Bonchev–Trinajstić information content (AvgIpc) is 3.32. The van der Waals surface area contributed by atoms with Crippen LogP contribution in [0.1, 0.15) is 29.7 Å². The van der Waals surface area contributed by atoms with Crippen LogP contribution in [0.25, 0.3) is 22.1 Å². The molecule has 0 saturated carbocycles. The van der Waals surface area contributed by atoms with Crippen LogP contribution < -0.4 is 0 Å². The molecule has 0 aliphatic rings. The van der Waals surface area contributed by atoms with Gasteiger partial charge in [0.05, 0.1) is 51.4 Å². The van der Waals surface area contributed by atoms with E-state index in [1.807, 2.05) is 85.5 Å². The molecule has 0 bridgehead atoms. The molecule has 0 amide bonds. The van der Waals surface area contributed by atoms with E-state index in [1.54, 1.807) is 0 Å². The van der Waals surface area contributed by atoms with Crippen molar-refractivity contribution in [1.29, 1.82) is 0 Å². The zero-order valence-corrected chi connectivity index (χ0v) is 19.2. The smallest absolute Gasteiger partial charge is 0.0890 e. The van der Waals surface area contributed by atoms with E-state index in [2.05, 4.69) is 16.9 Å². The lowest BCUT2D eigenvalue weighted by molar-refractivity contribution is 0.165. The molecule has 1 atom stereocenters. The normalized spacial score (nSPS) is 12.6. The summed E-state index contributed by atoms with van der Waals surface area (Å²) in [6.07, 6.45) is 3.81. The average molecular weight is 438 g/mol. The molecule has 166 valence electrons. The molecule has 3 aromatic heterocycles. The van der Waals surface area contributed by atoms with Gasteiger partial charge in [-0.1, -0.05) is 24.3 Å². The van der Waals surface area contributed by atoms with Crippen LogP contribution in [0.4, 0.5) is 0 Å². The van der Waals surface area contributed by atoms with Gasteiger partial charge in [0.15, 0.2) is 0 Å². The molecule has 5 aromatic rings. The lowest BCUT2D eigenvalue weighted by Crippen LogP contribution is -2.36. The van der Waals surface area contributed by atoms with Crippen LogP contribution in [0.2, 0.25) is 0 Å². The van der Waals surface area contributed by atoms with E-state index in [-0.39, 0.29) is 6.04 Å². The van der Waals surface area contributed by atoms with Gasteiger partial charge in [0.1, 0.15) is 0 Å². The second kappa shape index (κ2) is 9.03. The van der Waals surface area contributed by atoms with Crippen molar-refractivity contribution in [3.8, 4) is 0 Å². The highest BCUT2D eigenvalue weighted by Gasteiger charge is 2.20. The number of fused-ring (bicyclic) bond motifs is 2. The molecule has 7 nitrogen and oxygen atoms in total. The van der Waals surface area contributed by atoms with Crippen molar-refractivity contribution >= 4 is 22.1 Å². The minimum Gasteiger partial charge on any atom is -0.287 e. The summed E-state index contributed by atoms with van der Waals surface area (Å²) >= 11 is 0. The fraction of sp³-hybridized carbons (Fsp3) is 0.269. The van der Waals surface area contributed by atoms with Gasteiger partial charge in [-0.2, -0.15) is 5.10 Å². The monoisotopic (exact) mass is 437 g/mol. The van der Waals surface area contributed by atoms with Gasteiger partial charge in [0, 0.05) is 31.5 Å². The zero-order valence-electron chi connectivity index (χ0n) is 19.2. The lowest BCUT2D eigenvalue weighted by atomic mass is 10.1. The third kappa shape index (κ3) is 4.59. The number of nitrogens with zero attached hydrogens (tertiary/aromatic N) is 7. The van der Waals surface area contributed by atoms with E-state index in [0.717, 1.165) is 51.4 Å². The van der Waals surface area contributed by atoms with Crippen molar-refractivity contribution in [2.45, 2.75) is 46.4 Å². The number of benzene rings is 2. The van der Waals surface area contributed by atoms with Gasteiger partial charge >= 0.3 is 0 Å². The Labute approximate surface area is 193 Å². The highest BCUT2D eigenvalue weighted by Crippen LogP contribution is 2.20. The first kappa shape index (κ1) is 21.2. The number of para-hydroxylation sites is 4. The fourth-order valence-electron chi connectivity index (χ4n) is 4.10. The van der Waals surface area contributed by atoms with Crippen LogP contribution in [0.5, 0.6) is 0 Å². The van der Waals surface area contributed by atoms with E-state index >= 15 is 0 Å². The fourth-order valence-corrected chi connectivity index (χ4v) is 4.10. The standard InChI is InChI=1S/C26H27N7/c1-18(15-33-14-8-13-27-33)32(16-25-19(2)28-21-9-4-6-11-23(21)30-25)17-26-20(3)29-22-10-5-7-12-24(22)31-26/h4-14,18H,15-17H2,1-3H3. The quantitative estimate of drug-likeness (QED) is 0.374. The molecular weight excluding hydrogens is 410 g/mol. The SMILES string of the molecule is Cc1nc2ccccc2nc1CN(Cc1nc2ccccc2nc1C)C(C)Cn1cccn1. The van der Waals surface area contributed by atoms with Crippen molar-refractivity contribution in [3.05, 3.63) is 89.8 Å². The summed E-state index contributed by atoms with van der Waals surface area (Å²) < 4.78 is 1.97. The highest BCUT2D eigenvalue weighted by atomic mass is 15.3. The van der Waals surface area contributed by atoms with E-state index in [1.165, 1.54) is 0 Å². The third-order valence-electron chi connectivity index (χ3n) is 6.03. The molecule has 1 unspecified atom stereocenters. The van der Waals surface area contributed by atoms with Crippen LogP contribution in [0.3, 0.4) is 0 Å². The van der Waals surface area contributed by atoms with Crippen LogP contribution in [0.15, 0.2) is 67.0 Å². The van der Waals surface area contributed by atoms with Crippen LogP contribution >= 0.6 is 0 Å². The van der Waals surface area contributed by atoms with Gasteiger partial charge in [0.2, 0.25) is 0 Å². The van der Waals surface area contributed by atoms with Gasteiger partial charge in [-0.3, -0.25) is 9.58 Å². The van der Waals surface area contributed by atoms with Gasteiger partial charge in [-0.05, 0) is 51.1 Å². The van der Waals surface area contributed by atoms with Crippen LogP contribution in [0, 0.1) is 13.8 Å². The Bertz CT molecular complexity index is 1310. The third-order valence-corrected chi connectivity index (χ3v) is 6.03. The Morgan fingerprint density at radius 1 is 0.727 bits per heavy atom. The summed E-state index contributed by atoms with van der Waals surface area (Å²) in [6.45, 7) is 8.39. The maximum absolute atomic E-state index is 4.95. The Kier molecular flexibility index (Phi) is 5.79. The molecular formula is C26H27N7. The van der Waals surface area contributed by atoms with Crippen molar-refractivity contribution < 1.29 is 0 Å². The molecule has 0 aliphatic carbocycles. The van der Waals surface area contributed by atoms with Crippen LogP contribution in [-0.2, 0) is 19.6 Å². The molecule has 0 saturated heterocycles. The number of aryl methyl sites for hydroxylation is 2. The summed E-state index contributed by atoms with van der Waals surface area (Å²) in [5.41, 5.74) is 7.54. The molecule has 2 aromatic carbocycles. The summed E-state index contributed by atoms with van der Waals surface area (Å²) in [6, 6.07) is 18.2. The van der Waals surface area contributed by atoms with E-state index in [4.69, 9.17) is 19.9 Å². The second-order valence-electron chi connectivity index (χ2n) is 8.47. The van der Waals surface area contributed by atoms with Crippen molar-refractivity contribution in [2.24, 2.45) is 0 Å². The number of aromatic nitrogens is 6. The summed E-state index contributed by atoms with van der Waals surface area (Å²) in [4.78, 5) is 21.9. The van der Waals surface area contributed by atoms with Gasteiger partial charge in [0.25, 0.3) is 0 Å². The Morgan fingerprint density at radius 3 is 1.67 bits per heavy atom. The van der Waals surface area contributed by atoms with Gasteiger partial charge in [-0.15, -0.1) is 0 Å². The van der Waals surface area contributed by atoms with E-state index in [0.29, 0.717) is 13.1 Å². The summed E-state index contributed by atoms with van der Waals surface area (Å²) in [5, 5.41) is 4.40. The van der Waals surface area contributed by atoms with Crippen molar-refractivity contribution in [1.82, 2.24) is 34.6 Å². The van der Waals surface area contributed by atoms with Crippen molar-refractivity contribution in [3.63, 3.8) is 0 Å². The Balaban J connectivity index is 1.49. The van der Waals surface area contributed by atoms with Crippen LogP contribution in [-0.4, -0.2) is 40.7 Å². The van der Waals surface area contributed by atoms with Gasteiger partial charge in [-0.25, -0.2) is 19.9 Å². The van der Waals surface area contributed by atoms with E-state index in [9.17, 15) is 0 Å². The molecule has 3 heterocycles. The first-order valence-corrected chi connectivity index (χ1v) is 11.2. The van der Waals surface area contributed by atoms with Gasteiger partial charge < -0.3 is 0 Å². The zero-order chi connectivity index (χ0) is 22.8. The van der Waals surface area contributed by atoms with E-state index < -0.39 is 0 Å². The predicted octanol–water partition coefficient (Wildman–Crippen LogP) is 4.48. The number of hydrogen-bond donors (Lipinski definition) is 0. The second-order valence-corrected chi connectivity index (χ2v) is 8.47. The maximum atomic E-state index is 4.95. The molecule has 0 N–H and O–H groups in total. The molecule has 33 heavy (non-hydrogen) atoms. The molecule has 0 spiro atoms. The first-order valence-electron chi connectivity index (χ1n) is 11.2. The highest BCUT2D eigenvalue weighted by molar-refractivity contribution is 5.74. The number of hydrogen-bond acceptors (Lipinski definition) is 6.